The van der Waals surface area contributed by atoms with Gasteiger partial charge in [-0.15, -0.1) is 11.3 Å². The number of rotatable bonds is 7. The molecule has 188 valence electrons. The third-order valence-electron chi connectivity index (χ3n) is 5.48. The van der Waals surface area contributed by atoms with Crippen molar-refractivity contribution in [3.05, 3.63) is 68.7 Å². The zero-order valence-electron chi connectivity index (χ0n) is 18.6. The van der Waals surface area contributed by atoms with Gasteiger partial charge in [-0.25, -0.2) is 17.8 Å². The highest BCUT2D eigenvalue weighted by Crippen LogP contribution is 2.32. The van der Waals surface area contributed by atoms with Crippen molar-refractivity contribution in [3.8, 4) is 0 Å². The normalized spacial score (nSPS) is 15.8. The predicted molar refractivity (Wildman–Crippen MR) is 137 cm³/mol. The van der Waals surface area contributed by atoms with Crippen LogP contribution in [0.4, 0.5) is 15.9 Å². The maximum Gasteiger partial charge on any atom is 0.290 e. The van der Waals surface area contributed by atoms with Crippen LogP contribution < -0.4 is 9.62 Å². The molecular formula is C22H23Cl2FN4O4S2. The monoisotopic (exact) mass is 560 g/mol. The quantitative estimate of drug-likeness (QED) is 0.400. The van der Waals surface area contributed by atoms with Crippen LogP contribution in [0.15, 0.2) is 52.2 Å². The van der Waals surface area contributed by atoms with Gasteiger partial charge in [-0.3, -0.25) is 14.4 Å². The van der Waals surface area contributed by atoms with E-state index in [-0.39, 0.29) is 29.0 Å². The number of hydrogen-bond acceptors (Lipinski definition) is 7. The fraction of sp³-hybridized carbons (Fsp3) is 0.273. The van der Waals surface area contributed by atoms with E-state index in [1.165, 1.54) is 29.5 Å². The van der Waals surface area contributed by atoms with Crippen LogP contribution in [-0.4, -0.2) is 56.1 Å². The number of likely N-dealkylation sites (N-methyl/N-ethyl adjacent to an activating group) is 1. The van der Waals surface area contributed by atoms with Crippen LogP contribution in [0.3, 0.4) is 0 Å². The average molecular weight is 561 g/mol. The van der Waals surface area contributed by atoms with Gasteiger partial charge in [0.1, 0.15) is 5.82 Å². The first-order valence-corrected chi connectivity index (χ1v) is 13.5. The molecule has 1 fully saturated rings. The summed E-state index contributed by atoms with van der Waals surface area (Å²) < 4.78 is 41.7. The Labute approximate surface area is 217 Å². The average Bonchev–Trinajstić information content (AvgIpc) is 3.48. The van der Waals surface area contributed by atoms with Gasteiger partial charge in [-0.2, -0.15) is 0 Å². The number of sulfonamides is 1. The van der Waals surface area contributed by atoms with Gasteiger partial charge < -0.3 is 10.0 Å². The van der Waals surface area contributed by atoms with Crippen molar-refractivity contribution in [2.75, 3.05) is 29.8 Å². The second-order valence-electron chi connectivity index (χ2n) is 7.72. The van der Waals surface area contributed by atoms with E-state index in [0.29, 0.717) is 22.2 Å². The molecule has 1 atom stereocenters. The maximum atomic E-state index is 14.1. The number of nitrogens with zero attached hydrogens (tertiary/aromatic N) is 3. The highest BCUT2D eigenvalue weighted by Gasteiger charge is 2.28. The molecule has 13 heteroatoms. The molecule has 1 aromatic heterocycles. The molecule has 3 aromatic rings. The molecule has 2 N–H and O–H groups in total. The van der Waals surface area contributed by atoms with Gasteiger partial charge in [-0.05, 0) is 42.8 Å². The second kappa shape index (κ2) is 12.0. The molecule has 0 amide bonds. The smallest absolute Gasteiger partial charge is 0.290 e. The molecule has 2 aromatic carbocycles. The van der Waals surface area contributed by atoms with Gasteiger partial charge in [0.25, 0.3) is 16.5 Å². The Morgan fingerprint density at radius 3 is 2.71 bits per heavy atom. The number of carboxylic acid groups (broad SMARTS) is 1. The Morgan fingerprint density at radius 1 is 1.31 bits per heavy atom. The molecule has 0 unspecified atom stereocenters. The first-order valence-electron chi connectivity index (χ1n) is 10.3. The molecule has 1 saturated heterocycles. The third kappa shape index (κ3) is 7.05. The molecule has 35 heavy (non-hydrogen) atoms. The van der Waals surface area contributed by atoms with E-state index >= 15 is 0 Å². The van der Waals surface area contributed by atoms with E-state index in [1.807, 2.05) is 11.9 Å². The largest absolute Gasteiger partial charge is 0.483 e. The number of halogens is 3. The molecule has 1 aliphatic rings. The fourth-order valence-corrected chi connectivity index (χ4v) is 5.93. The van der Waals surface area contributed by atoms with Crippen LogP contribution in [0, 0.1) is 5.82 Å². The number of carbonyl (C=O) groups is 1. The first-order chi connectivity index (χ1) is 16.6. The third-order valence-corrected chi connectivity index (χ3v) is 7.95. The Balaban J connectivity index is 0.00000108. The molecule has 2 heterocycles. The Morgan fingerprint density at radius 2 is 2.06 bits per heavy atom. The van der Waals surface area contributed by atoms with E-state index in [0.717, 1.165) is 25.2 Å². The summed E-state index contributed by atoms with van der Waals surface area (Å²) in [6.45, 7) is 1.76. The minimum atomic E-state index is -3.78. The minimum Gasteiger partial charge on any atom is -0.483 e. The van der Waals surface area contributed by atoms with Crippen molar-refractivity contribution < 1.29 is 22.7 Å². The number of hydrogen-bond donors (Lipinski definition) is 2. The lowest BCUT2D eigenvalue weighted by Crippen LogP contribution is -2.34. The van der Waals surface area contributed by atoms with Crippen molar-refractivity contribution in [2.45, 2.75) is 23.9 Å². The zero-order chi connectivity index (χ0) is 25.6. The van der Waals surface area contributed by atoms with Gasteiger partial charge in [0.15, 0.2) is 5.82 Å². The summed E-state index contributed by atoms with van der Waals surface area (Å²) in [6.07, 6.45) is 0.875. The van der Waals surface area contributed by atoms with Crippen molar-refractivity contribution in [1.82, 2.24) is 9.88 Å². The summed E-state index contributed by atoms with van der Waals surface area (Å²) in [5.74, 6) is 0.00631. The van der Waals surface area contributed by atoms with Crippen LogP contribution in [0.25, 0.3) is 0 Å². The van der Waals surface area contributed by atoms with E-state index in [9.17, 15) is 12.8 Å². The highest BCUT2D eigenvalue weighted by atomic mass is 35.5. The number of thiazole rings is 1. The molecule has 8 nitrogen and oxygen atoms in total. The molecule has 1 aliphatic heterocycles. The van der Waals surface area contributed by atoms with Gasteiger partial charge in [0.05, 0.1) is 21.1 Å². The van der Waals surface area contributed by atoms with Gasteiger partial charge in [0.2, 0.25) is 0 Å². The van der Waals surface area contributed by atoms with Crippen molar-refractivity contribution in [2.24, 2.45) is 0 Å². The van der Waals surface area contributed by atoms with Crippen molar-refractivity contribution in [1.29, 1.82) is 0 Å². The summed E-state index contributed by atoms with van der Waals surface area (Å²) in [5.41, 5.74) is 2.86. The minimum absolute atomic E-state index is 0.0668. The van der Waals surface area contributed by atoms with Crippen LogP contribution >= 0.6 is 34.5 Å². The Kier molecular flexibility index (Phi) is 9.31. The SMILES string of the molecule is CN(c1ccc(S(=O)(=O)Nc2cscn2)cc1Cl)[C@H]1CCN(Cc2cc(Cl)ccc2F)C1.O=CO. The summed E-state index contributed by atoms with van der Waals surface area (Å²) in [6, 6.07) is 9.41. The van der Waals surface area contributed by atoms with E-state index in [4.69, 9.17) is 33.1 Å². The molecule has 0 spiro atoms. The summed E-state index contributed by atoms with van der Waals surface area (Å²) in [4.78, 5) is 16.6. The molecular weight excluding hydrogens is 538 g/mol. The van der Waals surface area contributed by atoms with Crippen molar-refractivity contribution >= 4 is 62.5 Å². The standard InChI is InChI=1S/C21H21Cl2FN4O2S2.CH2O2/c1-27(16-6-7-28(11-16)10-14-8-15(22)2-4-19(14)24)20-5-3-17(9-18(20)23)32(29,30)26-21-12-31-13-25-21;2-1-3/h2-5,8-9,12-13,16,26H,6-7,10-11H2,1H3;1H,(H,2,3)/t16-;/m0./s1. The van der Waals surface area contributed by atoms with Gasteiger partial charge in [0, 0.05) is 48.7 Å². The van der Waals surface area contributed by atoms with Crippen LogP contribution in [-0.2, 0) is 21.4 Å². The fourth-order valence-electron chi connectivity index (χ4n) is 3.77. The predicted octanol–water partition coefficient (Wildman–Crippen LogP) is 4.80. The van der Waals surface area contributed by atoms with Crippen LogP contribution in [0.1, 0.15) is 12.0 Å². The Hall–Kier alpha value is -2.44. The van der Waals surface area contributed by atoms with Gasteiger partial charge in [-0.1, -0.05) is 23.2 Å². The highest BCUT2D eigenvalue weighted by molar-refractivity contribution is 7.92. The summed E-state index contributed by atoms with van der Waals surface area (Å²) >= 11 is 13.8. The van der Waals surface area contributed by atoms with Crippen LogP contribution in [0.5, 0.6) is 0 Å². The van der Waals surface area contributed by atoms with E-state index < -0.39 is 10.0 Å². The molecule has 0 saturated carbocycles. The van der Waals surface area contributed by atoms with E-state index in [2.05, 4.69) is 14.6 Å². The van der Waals surface area contributed by atoms with E-state index in [1.54, 1.807) is 29.1 Å². The number of benzene rings is 2. The molecule has 0 aliphatic carbocycles. The number of nitrogens with one attached hydrogen (secondary N) is 1. The molecule has 0 radical (unpaired) electrons. The van der Waals surface area contributed by atoms with Crippen molar-refractivity contribution in [3.63, 3.8) is 0 Å². The van der Waals surface area contributed by atoms with Gasteiger partial charge >= 0.3 is 0 Å². The van der Waals surface area contributed by atoms with Crippen LogP contribution in [0.2, 0.25) is 10.0 Å². The lowest BCUT2D eigenvalue weighted by atomic mass is 10.2. The number of anilines is 2. The maximum absolute atomic E-state index is 14.1. The first kappa shape index (κ1) is 27.2. The lowest BCUT2D eigenvalue weighted by Gasteiger charge is -2.28. The second-order valence-corrected chi connectivity index (χ2v) is 11.0. The number of aromatic nitrogens is 1. The summed E-state index contributed by atoms with van der Waals surface area (Å²) in [5, 5.41) is 9.36. The Bertz CT molecular complexity index is 1260. The molecule has 4 rings (SSSR count). The molecule has 0 bridgehead atoms. The lowest BCUT2D eigenvalue weighted by molar-refractivity contribution is -0.122. The zero-order valence-corrected chi connectivity index (χ0v) is 21.7. The summed E-state index contributed by atoms with van der Waals surface area (Å²) in [7, 11) is -1.85. The number of likely N-dealkylation sites (tertiary alicyclic amines) is 1. The topological polar surface area (TPSA) is 103 Å².